The number of nitrogens with one attached hydrogen (secondary N) is 3. The monoisotopic (exact) mass is 357 g/mol. The molecule has 4 N–H and O–H groups in total. The summed E-state index contributed by atoms with van der Waals surface area (Å²) < 4.78 is 5.53. The largest absolute Gasteiger partial charge is 0.396 e. The fraction of sp³-hybridized carbons (Fsp3) is 0.474. The molecule has 1 aromatic carbocycles. The lowest BCUT2D eigenvalue weighted by Crippen LogP contribution is -2.44. The third-order valence-electron chi connectivity index (χ3n) is 4.82. The van der Waals surface area contributed by atoms with Crippen molar-refractivity contribution in [2.75, 3.05) is 33.4 Å². The number of aromatic nitrogens is 2. The molecular weight excluding hydrogens is 330 g/mol. The number of aliphatic imine (C=N–C) groups is 1. The standard InChI is InChI=1S/C19H27N5O2/c1-20-18(23-13-19(7-9-25)8-10-26-14-19)22-12-17-21-11-16(24-17)15-5-3-2-4-6-15/h2-6,11,25H,7-10,12-14H2,1H3,(H,21,24)(H2,20,22,23). The second kappa shape index (κ2) is 8.82. The van der Waals surface area contributed by atoms with Crippen LogP contribution in [-0.2, 0) is 11.3 Å². The summed E-state index contributed by atoms with van der Waals surface area (Å²) in [5.74, 6) is 1.56. The van der Waals surface area contributed by atoms with Crippen LogP contribution in [0.25, 0.3) is 11.3 Å². The van der Waals surface area contributed by atoms with E-state index < -0.39 is 0 Å². The van der Waals surface area contributed by atoms with Crippen molar-refractivity contribution in [2.45, 2.75) is 19.4 Å². The Morgan fingerprint density at radius 2 is 2.19 bits per heavy atom. The Morgan fingerprint density at radius 1 is 1.35 bits per heavy atom. The van der Waals surface area contributed by atoms with Crippen molar-refractivity contribution in [3.05, 3.63) is 42.4 Å². The molecule has 1 aliphatic heterocycles. The number of ether oxygens (including phenoxy) is 1. The summed E-state index contributed by atoms with van der Waals surface area (Å²) in [4.78, 5) is 12.0. The molecule has 7 heteroatoms. The molecule has 7 nitrogen and oxygen atoms in total. The van der Waals surface area contributed by atoms with E-state index in [1.54, 1.807) is 7.05 Å². The molecule has 0 aliphatic carbocycles. The maximum absolute atomic E-state index is 9.32. The summed E-state index contributed by atoms with van der Waals surface area (Å²) in [6, 6.07) is 10.1. The van der Waals surface area contributed by atoms with Gasteiger partial charge in [0.25, 0.3) is 0 Å². The van der Waals surface area contributed by atoms with Crippen LogP contribution in [0.5, 0.6) is 0 Å². The molecule has 1 aliphatic rings. The summed E-state index contributed by atoms with van der Waals surface area (Å²) >= 11 is 0. The molecule has 1 fully saturated rings. The van der Waals surface area contributed by atoms with E-state index in [-0.39, 0.29) is 12.0 Å². The van der Waals surface area contributed by atoms with E-state index in [0.717, 1.165) is 43.1 Å². The lowest BCUT2D eigenvalue weighted by molar-refractivity contribution is 0.127. The lowest BCUT2D eigenvalue weighted by Gasteiger charge is -2.27. The number of hydrogen-bond acceptors (Lipinski definition) is 4. The molecule has 0 spiro atoms. The van der Waals surface area contributed by atoms with Gasteiger partial charge in [0.2, 0.25) is 0 Å². The highest BCUT2D eigenvalue weighted by atomic mass is 16.5. The molecular formula is C19H27N5O2. The quantitative estimate of drug-likeness (QED) is 0.445. The topological polar surface area (TPSA) is 94.6 Å². The number of aromatic amines is 1. The van der Waals surface area contributed by atoms with Gasteiger partial charge in [-0.15, -0.1) is 0 Å². The molecule has 3 rings (SSSR count). The zero-order chi connectivity index (χ0) is 18.2. The normalized spacial score (nSPS) is 20.3. The average molecular weight is 357 g/mol. The maximum atomic E-state index is 9.32. The number of benzene rings is 1. The summed E-state index contributed by atoms with van der Waals surface area (Å²) in [6.45, 7) is 2.88. The van der Waals surface area contributed by atoms with Crippen molar-refractivity contribution < 1.29 is 9.84 Å². The maximum Gasteiger partial charge on any atom is 0.191 e. The third-order valence-corrected chi connectivity index (χ3v) is 4.82. The van der Waals surface area contributed by atoms with Gasteiger partial charge in [-0.25, -0.2) is 4.98 Å². The van der Waals surface area contributed by atoms with E-state index >= 15 is 0 Å². The number of rotatable bonds is 7. The summed E-state index contributed by atoms with van der Waals surface area (Å²) in [5.41, 5.74) is 2.09. The van der Waals surface area contributed by atoms with Crippen LogP contribution in [0.4, 0.5) is 0 Å². The van der Waals surface area contributed by atoms with Gasteiger partial charge in [0.05, 0.1) is 25.0 Å². The van der Waals surface area contributed by atoms with Gasteiger partial charge >= 0.3 is 0 Å². The lowest BCUT2D eigenvalue weighted by atomic mass is 9.84. The number of imidazole rings is 1. The minimum atomic E-state index is -0.0163. The number of hydrogen-bond donors (Lipinski definition) is 4. The molecule has 26 heavy (non-hydrogen) atoms. The molecule has 0 bridgehead atoms. The van der Waals surface area contributed by atoms with Crippen LogP contribution in [0.15, 0.2) is 41.5 Å². The van der Waals surface area contributed by atoms with Crippen LogP contribution in [0.3, 0.4) is 0 Å². The fourth-order valence-electron chi connectivity index (χ4n) is 3.19. The van der Waals surface area contributed by atoms with Gasteiger partial charge in [-0.05, 0) is 18.4 Å². The van der Waals surface area contributed by atoms with Gasteiger partial charge in [0.1, 0.15) is 5.82 Å². The molecule has 1 saturated heterocycles. The molecule has 1 unspecified atom stereocenters. The van der Waals surface area contributed by atoms with Gasteiger partial charge in [-0.2, -0.15) is 0 Å². The van der Waals surface area contributed by atoms with Crippen LogP contribution in [-0.4, -0.2) is 54.4 Å². The number of guanidine groups is 1. The molecule has 2 aromatic rings. The van der Waals surface area contributed by atoms with Gasteiger partial charge in [0.15, 0.2) is 5.96 Å². The van der Waals surface area contributed by atoms with Crippen molar-refractivity contribution in [1.29, 1.82) is 0 Å². The highest BCUT2D eigenvalue weighted by Crippen LogP contribution is 2.31. The van der Waals surface area contributed by atoms with Crippen molar-refractivity contribution in [2.24, 2.45) is 10.4 Å². The number of aliphatic hydroxyl groups is 1. The van der Waals surface area contributed by atoms with E-state index in [0.29, 0.717) is 19.1 Å². The Balaban J connectivity index is 1.52. The predicted molar refractivity (Wildman–Crippen MR) is 102 cm³/mol. The zero-order valence-electron chi connectivity index (χ0n) is 15.2. The molecule has 140 valence electrons. The minimum absolute atomic E-state index is 0.0163. The van der Waals surface area contributed by atoms with E-state index in [9.17, 15) is 5.11 Å². The molecule has 1 aromatic heterocycles. The molecule has 2 heterocycles. The van der Waals surface area contributed by atoms with Crippen LogP contribution in [0, 0.1) is 5.41 Å². The van der Waals surface area contributed by atoms with Crippen molar-refractivity contribution in [3.8, 4) is 11.3 Å². The third kappa shape index (κ3) is 4.62. The first kappa shape index (κ1) is 18.4. The Hall–Kier alpha value is -2.38. The first-order valence-electron chi connectivity index (χ1n) is 8.97. The Morgan fingerprint density at radius 3 is 2.88 bits per heavy atom. The second-order valence-electron chi connectivity index (χ2n) is 6.67. The van der Waals surface area contributed by atoms with Crippen LogP contribution < -0.4 is 10.6 Å². The number of H-pyrrole nitrogens is 1. The van der Waals surface area contributed by atoms with Crippen molar-refractivity contribution >= 4 is 5.96 Å². The average Bonchev–Trinajstić information content (AvgIpc) is 3.33. The molecule has 0 saturated carbocycles. The predicted octanol–water partition coefficient (Wildman–Crippen LogP) is 1.53. The molecule has 0 amide bonds. The molecule has 1 atom stereocenters. The summed E-state index contributed by atoms with van der Waals surface area (Å²) in [5, 5.41) is 15.9. The van der Waals surface area contributed by atoms with Crippen molar-refractivity contribution in [1.82, 2.24) is 20.6 Å². The minimum Gasteiger partial charge on any atom is -0.396 e. The SMILES string of the molecule is CN=C(NCc1ncc(-c2ccccc2)[nH]1)NCC1(CCO)CCOC1. The summed E-state index contributed by atoms with van der Waals surface area (Å²) in [6.07, 6.45) is 3.53. The Kier molecular flexibility index (Phi) is 6.25. The summed E-state index contributed by atoms with van der Waals surface area (Å²) in [7, 11) is 1.75. The Bertz CT molecular complexity index is 708. The number of aliphatic hydroxyl groups excluding tert-OH is 1. The van der Waals surface area contributed by atoms with Crippen LogP contribution in [0.2, 0.25) is 0 Å². The van der Waals surface area contributed by atoms with Gasteiger partial charge < -0.3 is 25.5 Å². The zero-order valence-corrected chi connectivity index (χ0v) is 15.2. The van der Waals surface area contributed by atoms with E-state index in [2.05, 4.69) is 37.7 Å². The van der Waals surface area contributed by atoms with E-state index in [1.165, 1.54) is 0 Å². The number of nitrogens with zero attached hydrogens (tertiary/aromatic N) is 2. The fourth-order valence-corrected chi connectivity index (χ4v) is 3.19. The first-order chi connectivity index (χ1) is 12.7. The van der Waals surface area contributed by atoms with Crippen molar-refractivity contribution in [3.63, 3.8) is 0 Å². The highest BCUT2D eigenvalue weighted by Gasteiger charge is 2.34. The van der Waals surface area contributed by atoms with Crippen LogP contribution in [0.1, 0.15) is 18.7 Å². The first-order valence-corrected chi connectivity index (χ1v) is 8.97. The van der Waals surface area contributed by atoms with Gasteiger partial charge in [-0.1, -0.05) is 30.3 Å². The molecule has 0 radical (unpaired) electrons. The Labute approximate surface area is 153 Å². The van der Waals surface area contributed by atoms with Gasteiger partial charge in [-0.3, -0.25) is 4.99 Å². The smallest absolute Gasteiger partial charge is 0.191 e. The van der Waals surface area contributed by atoms with Gasteiger partial charge in [0, 0.05) is 32.2 Å². The van der Waals surface area contributed by atoms with E-state index in [1.807, 2.05) is 24.4 Å². The second-order valence-corrected chi connectivity index (χ2v) is 6.67. The van der Waals surface area contributed by atoms with Crippen LogP contribution >= 0.6 is 0 Å². The highest BCUT2D eigenvalue weighted by molar-refractivity contribution is 5.79. The van der Waals surface area contributed by atoms with E-state index in [4.69, 9.17) is 4.74 Å².